The molecule has 1 aromatic carbocycles. The van der Waals surface area contributed by atoms with Crippen molar-refractivity contribution in [1.29, 1.82) is 0 Å². The summed E-state index contributed by atoms with van der Waals surface area (Å²) in [5.41, 5.74) is 3.41. The molecule has 0 aliphatic rings. The normalized spacial score (nSPS) is 10.5. The average Bonchev–Trinajstić information content (AvgIpc) is 2.74. The number of ether oxygens (including phenoxy) is 1. The van der Waals surface area contributed by atoms with E-state index in [2.05, 4.69) is 11.4 Å². The lowest BCUT2D eigenvalue weighted by molar-refractivity contribution is 0.185. The van der Waals surface area contributed by atoms with Gasteiger partial charge in [-0.1, -0.05) is 18.2 Å². The van der Waals surface area contributed by atoms with Gasteiger partial charge in [-0.05, 0) is 24.6 Å². The molecule has 0 fully saturated rings. The van der Waals surface area contributed by atoms with Crippen molar-refractivity contribution in [3.8, 4) is 0 Å². The van der Waals surface area contributed by atoms with Gasteiger partial charge in [-0.15, -0.1) is 0 Å². The van der Waals surface area contributed by atoms with Gasteiger partial charge in [0.25, 0.3) is 0 Å². The molecule has 1 N–H and O–H groups in total. The molecule has 3 nitrogen and oxygen atoms in total. The molecule has 0 spiro atoms. The number of aryl methyl sites for hydroxylation is 1. The molecule has 0 saturated carbocycles. The predicted octanol–water partition coefficient (Wildman–Crippen LogP) is 3.35. The highest BCUT2D eigenvalue weighted by molar-refractivity contribution is 5.51. The predicted molar refractivity (Wildman–Crippen MR) is 67.9 cm³/mol. The topological polar surface area (TPSA) is 34.4 Å². The Bertz CT molecular complexity index is 477. The van der Waals surface area contributed by atoms with E-state index in [1.54, 1.807) is 13.4 Å². The molecule has 0 radical (unpaired) electrons. The Labute approximate surface area is 101 Å². The van der Waals surface area contributed by atoms with Gasteiger partial charge in [-0.3, -0.25) is 0 Å². The van der Waals surface area contributed by atoms with Crippen molar-refractivity contribution in [2.24, 2.45) is 0 Å². The van der Waals surface area contributed by atoms with E-state index in [0.29, 0.717) is 13.2 Å². The molecular formula is C14H17NO2. The molecule has 0 aliphatic heterocycles. The number of methoxy groups -OCH3 is 1. The molecule has 2 rings (SSSR count). The number of anilines is 1. The lowest BCUT2D eigenvalue weighted by atomic mass is 10.2. The molecule has 0 amide bonds. The largest absolute Gasteiger partial charge is 0.467 e. The summed E-state index contributed by atoms with van der Waals surface area (Å²) >= 11 is 0. The van der Waals surface area contributed by atoms with Crippen molar-refractivity contribution in [2.75, 3.05) is 12.4 Å². The summed E-state index contributed by atoms with van der Waals surface area (Å²) in [6.45, 7) is 3.35. The Kier molecular flexibility index (Phi) is 3.83. The first-order chi connectivity index (χ1) is 8.31. The Morgan fingerprint density at radius 3 is 2.76 bits per heavy atom. The van der Waals surface area contributed by atoms with E-state index in [1.807, 2.05) is 31.2 Å². The van der Waals surface area contributed by atoms with Crippen LogP contribution in [-0.2, 0) is 17.9 Å². The van der Waals surface area contributed by atoms with Crippen LogP contribution >= 0.6 is 0 Å². The molecule has 1 aromatic heterocycles. The van der Waals surface area contributed by atoms with Crippen molar-refractivity contribution >= 4 is 5.69 Å². The number of rotatable bonds is 5. The van der Waals surface area contributed by atoms with Gasteiger partial charge in [0.15, 0.2) is 0 Å². The Morgan fingerprint density at radius 2 is 2.06 bits per heavy atom. The third-order valence-electron chi connectivity index (χ3n) is 2.72. The van der Waals surface area contributed by atoms with Gasteiger partial charge in [0.05, 0.1) is 19.4 Å². The average molecular weight is 231 g/mol. The quantitative estimate of drug-likeness (QED) is 0.857. The van der Waals surface area contributed by atoms with Gasteiger partial charge in [-0.25, -0.2) is 0 Å². The van der Waals surface area contributed by atoms with Gasteiger partial charge >= 0.3 is 0 Å². The standard InChI is InChI=1S/C14H17NO2/c1-11-7-8-17-14(11)9-15-13-6-4-3-5-12(13)10-16-2/h3-8,15H,9-10H2,1-2H3. The van der Waals surface area contributed by atoms with Gasteiger partial charge in [0, 0.05) is 18.4 Å². The fourth-order valence-electron chi connectivity index (χ4n) is 1.73. The van der Waals surface area contributed by atoms with Crippen LogP contribution in [0.4, 0.5) is 5.69 Å². The third-order valence-corrected chi connectivity index (χ3v) is 2.72. The summed E-state index contributed by atoms with van der Waals surface area (Å²) in [6.07, 6.45) is 1.72. The molecule has 0 atom stereocenters. The van der Waals surface area contributed by atoms with Crippen LogP contribution in [0.5, 0.6) is 0 Å². The molecule has 2 aromatic rings. The van der Waals surface area contributed by atoms with Crippen molar-refractivity contribution in [1.82, 2.24) is 0 Å². The van der Waals surface area contributed by atoms with Gasteiger partial charge in [0.2, 0.25) is 0 Å². The first-order valence-electron chi connectivity index (χ1n) is 5.65. The van der Waals surface area contributed by atoms with Crippen LogP contribution in [0.15, 0.2) is 41.0 Å². The molecule has 0 unspecified atom stereocenters. The van der Waals surface area contributed by atoms with Crippen molar-refractivity contribution in [2.45, 2.75) is 20.1 Å². The maximum absolute atomic E-state index is 5.39. The SMILES string of the molecule is COCc1ccccc1NCc1occc1C. The fraction of sp³-hybridized carbons (Fsp3) is 0.286. The Balaban J connectivity index is 2.06. The minimum Gasteiger partial charge on any atom is -0.467 e. The van der Waals surface area contributed by atoms with E-state index in [-0.39, 0.29) is 0 Å². The van der Waals surface area contributed by atoms with Crippen LogP contribution in [0, 0.1) is 6.92 Å². The zero-order chi connectivity index (χ0) is 12.1. The molecule has 0 saturated heterocycles. The van der Waals surface area contributed by atoms with Crippen LogP contribution in [0.25, 0.3) is 0 Å². The Morgan fingerprint density at radius 1 is 1.24 bits per heavy atom. The summed E-state index contributed by atoms with van der Waals surface area (Å²) in [5, 5.41) is 3.37. The number of hydrogen-bond donors (Lipinski definition) is 1. The van der Waals surface area contributed by atoms with Crippen LogP contribution < -0.4 is 5.32 Å². The summed E-state index contributed by atoms with van der Waals surface area (Å²) in [4.78, 5) is 0. The fourth-order valence-corrected chi connectivity index (χ4v) is 1.73. The molecule has 3 heteroatoms. The summed E-state index contributed by atoms with van der Waals surface area (Å²) in [6, 6.07) is 10.1. The lowest BCUT2D eigenvalue weighted by Gasteiger charge is -2.10. The highest BCUT2D eigenvalue weighted by atomic mass is 16.5. The molecule has 1 heterocycles. The second-order valence-corrected chi connectivity index (χ2v) is 3.97. The summed E-state index contributed by atoms with van der Waals surface area (Å²) in [7, 11) is 1.70. The van der Waals surface area contributed by atoms with Crippen LogP contribution in [0.3, 0.4) is 0 Å². The molecule has 90 valence electrons. The van der Waals surface area contributed by atoms with Gasteiger partial charge in [-0.2, -0.15) is 0 Å². The minimum absolute atomic E-state index is 0.611. The third kappa shape index (κ3) is 2.88. The highest BCUT2D eigenvalue weighted by Crippen LogP contribution is 2.18. The lowest BCUT2D eigenvalue weighted by Crippen LogP contribution is -2.03. The number of hydrogen-bond acceptors (Lipinski definition) is 3. The zero-order valence-electron chi connectivity index (χ0n) is 10.2. The molecule has 0 aliphatic carbocycles. The van der Waals surface area contributed by atoms with E-state index >= 15 is 0 Å². The van der Waals surface area contributed by atoms with E-state index < -0.39 is 0 Å². The van der Waals surface area contributed by atoms with E-state index in [0.717, 1.165) is 17.0 Å². The van der Waals surface area contributed by atoms with Crippen molar-refractivity contribution in [3.05, 3.63) is 53.5 Å². The first-order valence-corrected chi connectivity index (χ1v) is 5.65. The highest BCUT2D eigenvalue weighted by Gasteiger charge is 2.04. The summed E-state index contributed by atoms with van der Waals surface area (Å²) < 4.78 is 10.6. The Hall–Kier alpha value is -1.74. The van der Waals surface area contributed by atoms with E-state index in [1.165, 1.54) is 5.56 Å². The number of benzene rings is 1. The van der Waals surface area contributed by atoms with E-state index in [9.17, 15) is 0 Å². The van der Waals surface area contributed by atoms with Crippen molar-refractivity contribution in [3.63, 3.8) is 0 Å². The minimum atomic E-state index is 0.611. The molecule has 0 bridgehead atoms. The van der Waals surface area contributed by atoms with Gasteiger partial charge < -0.3 is 14.5 Å². The molecular weight excluding hydrogens is 214 g/mol. The zero-order valence-corrected chi connectivity index (χ0v) is 10.2. The first kappa shape index (κ1) is 11.7. The maximum atomic E-state index is 5.39. The second kappa shape index (κ2) is 5.55. The van der Waals surface area contributed by atoms with Crippen LogP contribution in [-0.4, -0.2) is 7.11 Å². The molecule has 17 heavy (non-hydrogen) atoms. The summed E-state index contributed by atoms with van der Waals surface area (Å²) in [5.74, 6) is 0.970. The van der Waals surface area contributed by atoms with Crippen LogP contribution in [0.2, 0.25) is 0 Å². The van der Waals surface area contributed by atoms with Gasteiger partial charge in [0.1, 0.15) is 5.76 Å². The van der Waals surface area contributed by atoms with E-state index in [4.69, 9.17) is 9.15 Å². The smallest absolute Gasteiger partial charge is 0.125 e. The monoisotopic (exact) mass is 231 g/mol. The van der Waals surface area contributed by atoms with Crippen molar-refractivity contribution < 1.29 is 9.15 Å². The second-order valence-electron chi connectivity index (χ2n) is 3.97. The number of para-hydroxylation sites is 1. The number of nitrogens with one attached hydrogen (secondary N) is 1. The number of furan rings is 1. The maximum Gasteiger partial charge on any atom is 0.125 e. The van der Waals surface area contributed by atoms with Crippen LogP contribution in [0.1, 0.15) is 16.9 Å².